The summed E-state index contributed by atoms with van der Waals surface area (Å²) in [4.78, 5) is 15.6. The van der Waals surface area contributed by atoms with E-state index in [1.807, 2.05) is 35.9 Å². The first-order valence-electron chi connectivity index (χ1n) is 11.3. The number of aryl methyl sites for hydroxylation is 1. The monoisotopic (exact) mass is 442 g/mol. The Bertz CT molecular complexity index is 1080. The molecule has 31 heavy (non-hydrogen) atoms. The second-order valence-electron chi connectivity index (χ2n) is 9.20. The van der Waals surface area contributed by atoms with Gasteiger partial charge in [0.15, 0.2) is 15.5 Å². The number of carbonyl (C=O) groups excluding carboxylic acids is 1. The van der Waals surface area contributed by atoms with Gasteiger partial charge in [0.05, 0.1) is 23.2 Å². The lowest BCUT2D eigenvalue weighted by Gasteiger charge is -2.34. The molecule has 0 spiro atoms. The summed E-state index contributed by atoms with van der Waals surface area (Å²) in [5.74, 6) is -0.0950. The summed E-state index contributed by atoms with van der Waals surface area (Å²) >= 11 is 0. The third-order valence-corrected chi connectivity index (χ3v) is 8.64. The lowest BCUT2D eigenvalue weighted by Crippen LogP contribution is -2.52. The molecule has 1 aromatic heterocycles. The van der Waals surface area contributed by atoms with Gasteiger partial charge in [-0.05, 0) is 64.3 Å². The highest BCUT2D eigenvalue weighted by atomic mass is 32.2. The number of carbonyl (C=O) groups is 1. The summed E-state index contributed by atoms with van der Waals surface area (Å²) in [5.41, 5.74) is 4.69. The van der Waals surface area contributed by atoms with Crippen molar-refractivity contribution in [2.24, 2.45) is 0 Å². The number of amides is 1. The maximum Gasteiger partial charge on any atom is 0.272 e. The van der Waals surface area contributed by atoms with E-state index in [1.54, 1.807) is 0 Å². The van der Waals surface area contributed by atoms with Crippen LogP contribution >= 0.6 is 0 Å². The van der Waals surface area contributed by atoms with E-state index in [-0.39, 0.29) is 29.5 Å². The normalized spacial score (nSPS) is 25.5. The van der Waals surface area contributed by atoms with Crippen molar-refractivity contribution in [2.75, 3.05) is 24.6 Å². The molecule has 8 heteroatoms. The summed E-state index contributed by atoms with van der Waals surface area (Å²) in [7, 11) is -3.16. The summed E-state index contributed by atoms with van der Waals surface area (Å²) in [6, 6.07) is 7.63. The molecule has 0 bridgehead atoms. The standard InChI is InChI=1S/C23H30N4O3S/c1-16-8-10-17(11-9-16)27-20-7-5-6-18(20)22(25-27)23(28)24-19-14-31(29,30)15-21(19)26-12-3-2-4-13-26/h8-11,19,21H,2-7,12-15H2,1H3,(H,24,28)/t19-,21-/m0/s1. The zero-order chi connectivity index (χ0) is 21.6. The van der Waals surface area contributed by atoms with Gasteiger partial charge in [-0.1, -0.05) is 24.1 Å². The topological polar surface area (TPSA) is 84.3 Å². The number of fused-ring (bicyclic) bond motifs is 1. The van der Waals surface area contributed by atoms with E-state index in [9.17, 15) is 13.2 Å². The lowest BCUT2D eigenvalue weighted by molar-refractivity contribution is 0.0893. The molecule has 0 saturated carbocycles. The largest absolute Gasteiger partial charge is 0.345 e. The van der Waals surface area contributed by atoms with Crippen LogP contribution in [0.1, 0.15) is 53.0 Å². The molecule has 2 aromatic rings. The van der Waals surface area contributed by atoms with Crippen molar-refractivity contribution in [1.82, 2.24) is 20.0 Å². The van der Waals surface area contributed by atoms with Crippen LogP contribution in [-0.2, 0) is 22.7 Å². The summed E-state index contributed by atoms with van der Waals surface area (Å²) < 4.78 is 26.7. The van der Waals surface area contributed by atoms with Crippen LogP contribution in [0.25, 0.3) is 5.69 Å². The molecule has 2 atom stereocenters. The molecule has 2 saturated heterocycles. The van der Waals surface area contributed by atoms with Crippen molar-refractivity contribution in [3.8, 4) is 5.69 Å². The quantitative estimate of drug-likeness (QED) is 0.784. The molecule has 1 aliphatic carbocycles. The molecule has 3 heterocycles. The van der Waals surface area contributed by atoms with E-state index in [0.717, 1.165) is 62.1 Å². The summed E-state index contributed by atoms with van der Waals surface area (Å²) in [6.07, 6.45) is 6.11. The van der Waals surface area contributed by atoms with Crippen molar-refractivity contribution in [1.29, 1.82) is 0 Å². The number of hydrogen-bond acceptors (Lipinski definition) is 5. The Balaban J connectivity index is 1.41. The summed E-state index contributed by atoms with van der Waals surface area (Å²) in [5, 5.41) is 7.76. The van der Waals surface area contributed by atoms with Gasteiger partial charge in [-0.25, -0.2) is 13.1 Å². The number of rotatable bonds is 4. The number of sulfone groups is 1. The fourth-order valence-corrected chi connectivity index (χ4v) is 7.29. The number of nitrogens with zero attached hydrogens (tertiary/aromatic N) is 3. The van der Waals surface area contributed by atoms with Gasteiger partial charge in [0.25, 0.3) is 5.91 Å². The molecule has 3 aliphatic rings. The number of nitrogens with one attached hydrogen (secondary N) is 1. The van der Waals surface area contributed by atoms with Crippen molar-refractivity contribution >= 4 is 15.7 Å². The van der Waals surface area contributed by atoms with Gasteiger partial charge < -0.3 is 5.32 Å². The van der Waals surface area contributed by atoms with Crippen LogP contribution in [-0.4, -0.2) is 65.7 Å². The Labute approximate surface area is 183 Å². The minimum atomic E-state index is -3.16. The second-order valence-corrected chi connectivity index (χ2v) is 11.3. The van der Waals surface area contributed by atoms with Crippen LogP contribution < -0.4 is 5.32 Å². The molecule has 1 N–H and O–H groups in total. The lowest BCUT2D eigenvalue weighted by atomic mass is 10.0. The molecule has 2 aliphatic heterocycles. The van der Waals surface area contributed by atoms with Gasteiger partial charge in [0, 0.05) is 17.3 Å². The van der Waals surface area contributed by atoms with Crippen LogP contribution in [0.15, 0.2) is 24.3 Å². The predicted octanol–water partition coefficient (Wildman–Crippen LogP) is 2.05. The molecular weight excluding hydrogens is 412 g/mol. The summed E-state index contributed by atoms with van der Waals surface area (Å²) in [6.45, 7) is 3.86. The zero-order valence-electron chi connectivity index (χ0n) is 18.0. The van der Waals surface area contributed by atoms with Crippen LogP contribution in [0.4, 0.5) is 0 Å². The Morgan fingerprint density at radius 3 is 2.52 bits per heavy atom. The first-order valence-corrected chi connectivity index (χ1v) is 13.2. The highest BCUT2D eigenvalue weighted by molar-refractivity contribution is 7.91. The molecule has 0 radical (unpaired) electrons. The van der Waals surface area contributed by atoms with E-state index < -0.39 is 9.84 Å². The first-order chi connectivity index (χ1) is 14.9. The zero-order valence-corrected chi connectivity index (χ0v) is 18.8. The molecule has 0 unspecified atom stereocenters. The van der Waals surface area contributed by atoms with E-state index in [4.69, 9.17) is 0 Å². The smallest absolute Gasteiger partial charge is 0.272 e. The van der Waals surface area contributed by atoms with Crippen molar-refractivity contribution in [3.05, 3.63) is 46.8 Å². The van der Waals surface area contributed by atoms with Crippen LogP contribution in [0.5, 0.6) is 0 Å². The predicted molar refractivity (Wildman–Crippen MR) is 119 cm³/mol. The second kappa shape index (κ2) is 8.06. The van der Waals surface area contributed by atoms with Crippen LogP contribution in [0.2, 0.25) is 0 Å². The Kier molecular flexibility index (Phi) is 5.38. The number of hydrogen-bond donors (Lipinski definition) is 1. The highest BCUT2D eigenvalue weighted by Gasteiger charge is 2.42. The van der Waals surface area contributed by atoms with E-state index >= 15 is 0 Å². The third kappa shape index (κ3) is 4.03. The Morgan fingerprint density at radius 1 is 1.03 bits per heavy atom. The SMILES string of the molecule is Cc1ccc(-n2nc(C(=O)N[C@H]3CS(=O)(=O)C[C@@H]3N3CCCCC3)c3c2CCC3)cc1. The average Bonchev–Trinajstić information content (AvgIpc) is 3.43. The molecule has 2 fully saturated rings. The number of likely N-dealkylation sites (tertiary alicyclic amines) is 1. The molecule has 166 valence electrons. The fourth-order valence-electron chi connectivity index (χ4n) is 5.33. The van der Waals surface area contributed by atoms with Gasteiger partial charge >= 0.3 is 0 Å². The molecule has 1 amide bonds. The number of aromatic nitrogens is 2. The van der Waals surface area contributed by atoms with Crippen molar-refractivity contribution < 1.29 is 13.2 Å². The highest BCUT2D eigenvalue weighted by Crippen LogP contribution is 2.29. The van der Waals surface area contributed by atoms with Crippen LogP contribution in [0.3, 0.4) is 0 Å². The number of benzene rings is 1. The minimum absolute atomic E-state index is 0.0147. The molecule has 5 rings (SSSR count). The third-order valence-electron chi connectivity index (χ3n) is 6.92. The number of piperidine rings is 1. The fraction of sp³-hybridized carbons (Fsp3) is 0.565. The Morgan fingerprint density at radius 2 is 1.77 bits per heavy atom. The van der Waals surface area contributed by atoms with Crippen molar-refractivity contribution in [3.63, 3.8) is 0 Å². The van der Waals surface area contributed by atoms with Crippen LogP contribution in [0, 0.1) is 6.92 Å². The van der Waals surface area contributed by atoms with Gasteiger partial charge in [-0.3, -0.25) is 9.69 Å². The minimum Gasteiger partial charge on any atom is -0.345 e. The van der Waals surface area contributed by atoms with Gasteiger partial charge in [-0.2, -0.15) is 5.10 Å². The van der Waals surface area contributed by atoms with E-state index in [0.29, 0.717) is 5.69 Å². The maximum atomic E-state index is 13.3. The van der Waals surface area contributed by atoms with E-state index in [1.165, 1.54) is 12.0 Å². The van der Waals surface area contributed by atoms with Gasteiger partial charge in [0.1, 0.15) is 0 Å². The van der Waals surface area contributed by atoms with Gasteiger partial charge in [0.2, 0.25) is 0 Å². The van der Waals surface area contributed by atoms with Crippen molar-refractivity contribution in [2.45, 2.75) is 57.5 Å². The first kappa shape index (κ1) is 20.7. The van der Waals surface area contributed by atoms with Gasteiger partial charge in [-0.15, -0.1) is 0 Å². The average molecular weight is 443 g/mol. The van der Waals surface area contributed by atoms with E-state index in [2.05, 4.69) is 15.3 Å². The molecule has 7 nitrogen and oxygen atoms in total. The maximum absolute atomic E-state index is 13.3. The molecular formula is C23H30N4O3S. The molecule has 1 aromatic carbocycles. The Hall–Kier alpha value is -2.19.